The molecule has 0 saturated heterocycles. The van der Waals surface area contributed by atoms with Gasteiger partial charge in [-0.2, -0.15) is 0 Å². The Labute approximate surface area is 77.7 Å². The van der Waals surface area contributed by atoms with Crippen LogP contribution >= 0.6 is 22.6 Å². The quantitative estimate of drug-likeness (QED) is 0.517. The predicted octanol–water partition coefficient (Wildman–Crippen LogP) is 2.79. The second-order valence-corrected chi connectivity index (χ2v) is 3.57. The van der Waals surface area contributed by atoms with E-state index in [1.54, 1.807) is 6.07 Å². The van der Waals surface area contributed by atoms with Crippen LogP contribution in [0.25, 0.3) is 0 Å². The summed E-state index contributed by atoms with van der Waals surface area (Å²) >= 11 is 2.15. The van der Waals surface area contributed by atoms with Crippen molar-refractivity contribution >= 4 is 22.6 Å². The SMILES string of the molecule is Fc1cccc2c1COC2I. The van der Waals surface area contributed by atoms with Gasteiger partial charge in [0.2, 0.25) is 0 Å². The van der Waals surface area contributed by atoms with Crippen LogP contribution in [0.1, 0.15) is 15.2 Å². The molecule has 1 heterocycles. The monoisotopic (exact) mass is 264 g/mol. The van der Waals surface area contributed by atoms with E-state index in [9.17, 15) is 4.39 Å². The third kappa shape index (κ3) is 1.16. The van der Waals surface area contributed by atoms with E-state index in [-0.39, 0.29) is 9.93 Å². The molecular formula is C8H6FIO. The Kier molecular flexibility index (Phi) is 1.85. The zero-order valence-electron chi connectivity index (χ0n) is 5.68. The Bertz CT molecular complexity index is 287. The standard InChI is InChI=1S/C8H6FIO/c9-7-3-1-2-5-6(7)4-11-8(5)10/h1-3,8H,4H2. The predicted molar refractivity (Wildman–Crippen MR) is 48.0 cm³/mol. The van der Waals surface area contributed by atoms with Gasteiger partial charge in [0.15, 0.2) is 0 Å². The van der Waals surface area contributed by atoms with E-state index in [0.717, 1.165) is 5.56 Å². The van der Waals surface area contributed by atoms with Crippen LogP contribution in [-0.2, 0) is 11.3 Å². The lowest BCUT2D eigenvalue weighted by atomic mass is 10.1. The molecule has 0 aromatic heterocycles. The molecule has 1 aliphatic heterocycles. The van der Waals surface area contributed by atoms with Crippen LogP contribution in [0.4, 0.5) is 4.39 Å². The molecule has 0 spiro atoms. The van der Waals surface area contributed by atoms with Gasteiger partial charge in [0.05, 0.1) is 6.61 Å². The highest BCUT2D eigenvalue weighted by molar-refractivity contribution is 14.1. The van der Waals surface area contributed by atoms with Crippen LogP contribution in [0.5, 0.6) is 0 Å². The van der Waals surface area contributed by atoms with Crippen molar-refractivity contribution in [2.75, 3.05) is 0 Å². The molecule has 1 unspecified atom stereocenters. The molecule has 0 fully saturated rings. The largest absolute Gasteiger partial charge is 0.358 e. The van der Waals surface area contributed by atoms with Crippen LogP contribution in [0, 0.1) is 5.82 Å². The van der Waals surface area contributed by atoms with E-state index in [1.165, 1.54) is 6.07 Å². The van der Waals surface area contributed by atoms with Gasteiger partial charge in [-0.25, -0.2) is 4.39 Å². The summed E-state index contributed by atoms with van der Waals surface area (Å²) in [6.07, 6.45) is 0. The first-order chi connectivity index (χ1) is 5.29. The van der Waals surface area contributed by atoms with Crippen molar-refractivity contribution in [2.24, 2.45) is 0 Å². The Morgan fingerprint density at radius 1 is 1.55 bits per heavy atom. The van der Waals surface area contributed by atoms with E-state index in [1.807, 2.05) is 6.07 Å². The lowest BCUT2D eigenvalue weighted by Gasteiger charge is -1.99. The minimum Gasteiger partial charge on any atom is -0.358 e. The Hall–Kier alpha value is -0.160. The highest BCUT2D eigenvalue weighted by Crippen LogP contribution is 2.36. The van der Waals surface area contributed by atoms with Crippen molar-refractivity contribution in [3.63, 3.8) is 0 Å². The molecule has 2 rings (SSSR count). The fourth-order valence-electron chi connectivity index (χ4n) is 1.19. The van der Waals surface area contributed by atoms with Gasteiger partial charge in [0, 0.05) is 5.56 Å². The Morgan fingerprint density at radius 2 is 2.36 bits per heavy atom. The summed E-state index contributed by atoms with van der Waals surface area (Å²) in [5.74, 6) is -0.151. The van der Waals surface area contributed by atoms with Crippen LogP contribution in [0.2, 0.25) is 0 Å². The highest BCUT2D eigenvalue weighted by atomic mass is 127. The van der Waals surface area contributed by atoms with Gasteiger partial charge in [0.25, 0.3) is 0 Å². The second-order valence-electron chi connectivity index (χ2n) is 2.43. The summed E-state index contributed by atoms with van der Waals surface area (Å²) in [6.45, 7) is 0.412. The number of halogens is 2. The number of alkyl halides is 1. The first-order valence-corrected chi connectivity index (χ1v) is 4.56. The van der Waals surface area contributed by atoms with Gasteiger partial charge in [0.1, 0.15) is 9.93 Å². The maximum Gasteiger partial charge on any atom is 0.134 e. The lowest BCUT2D eigenvalue weighted by molar-refractivity contribution is 0.136. The van der Waals surface area contributed by atoms with E-state index in [4.69, 9.17) is 4.74 Å². The van der Waals surface area contributed by atoms with Gasteiger partial charge in [-0.3, -0.25) is 0 Å². The fourth-order valence-corrected chi connectivity index (χ4v) is 1.95. The summed E-state index contributed by atoms with van der Waals surface area (Å²) in [4.78, 5) is 0. The summed E-state index contributed by atoms with van der Waals surface area (Å²) in [6, 6.07) is 5.09. The van der Waals surface area contributed by atoms with E-state index < -0.39 is 0 Å². The Morgan fingerprint density at radius 3 is 3.09 bits per heavy atom. The molecule has 0 radical (unpaired) electrons. The minimum atomic E-state index is -0.151. The van der Waals surface area contributed by atoms with Crippen LogP contribution < -0.4 is 0 Å². The molecule has 1 aromatic rings. The third-order valence-electron chi connectivity index (χ3n) is 1.77. The van der Waals surface area contributed by atoms with Crippen molar-refractivity contribution in [1.29, 1.82) is 0 Å². The number of rotatable bonds is 0. The molecule has 1 atom stereocenters. The molecular weight excluding hydrogens is 258 g/mol. The van der Waals surface area contributed by atoms with E-state index >= 15 is 0 Å². The number of fused-ring (bicyclic) bond motifs is 1. The van der Waals surface area contributed by atoms with E-state index in [2.05, 4.69) is 22.6 Å². The normalized spacial score (nSPS) is 21.8. The number of hydrogen-bond donors (Lipinski definition) is 0. The molecule has 0 saturated carbocycles. The highest BCUT2D eigenvalue weighted by Gasteiger charge is 2.22. The first kappa shape index (κ1) is 7.49. The first-order valence-electron chi connectivity index (χ1n) is 3.32. The smallest absolute Gasteiger partial charge is 0.134 e. The molecule has 0 aliphatic carbocycles. The second kappa shape index (κ2) is 2.71. The molecule has 1 aliphatic rings. The average molecular weight is 264 g/mol. The number of hydrogen-bond acceptors (Lipinski definition) is 1. The van der Waals surface area contributed by atoms with Crippen molar-refractivity contribution < 1.29 is 9.13 Å². The minimum absolute atomic E-state index is 0.0262. The van der Waals surface area contributed by atoms with E-state index in [0.29, 0.717) is 12.2 Å². The molecule has 0 N–H and O–H groups in total. The molecule has 58 valence electrons. The van der Waals surface area contributed by atoms with Gasteiger partial charge in [-0.15, -0.1) is 0 Å². The molecule has 1 nitrogen and oxygen atoms in total. The van der Waals surface area contributed by atoms with Gasteiger partial charge >= 0.3 is 0 Å². The summed E-state index contributed by atoms with van der Waals surface area (Å²) in [7, 11) is 0. The van der Waals surface area contributed by atoms with Crippen LogP contribution in [0.15, 0.2) is 18.2 Å². The zero-order chi connectivity index (χ0) is 7.84. The Balaban J connectivity index is 2.57. The third-order valence-corrected chi connectivity index (χ3v) is 2.80. The summed E-state index contributed by atoms with van der Waals surface area (Å²) < 4.78 is 18.3. The topological polar surface area (TPSA) is 9.23 Å². The van der Waals surface area contributed by atoms with Crippen molar-refractivity contribution in [1.82, 2.24) is 0 Å². The molecule has 3 heteroatoms. The van der Waals surface area contributed by atoms with Crippen LogP contribution in [-0.4, -0.2) is 0 Å². The van der Waals surface area contributed by atoms with Crippen LogP contribution in [0.3, 0.4) is 0 Å². The van der Waals surface area contributed by atoms with Gasteiger partial charge in [-0.05, 0) is 34.2 Å². The van der Waals surface area contributed by atoms with Crippen molar-refractivity contribution in [3.05, 3.63) is 35.1 Å². The van der Waals surface area contributed by atoms with Crippen molar-refractivity contribution in [3.8, 4) is 0 Å². The maximum atomic E-state index is 13.0. The molecule has 1 aromatic carbocycles. The molecule has 0 amide bonds. The summed E-state index contributed by atoms with van der Waals surface area (Å²) in [5.41, 5.74) is 1.69. The number of ether oxygens (including phenoxy) is 1. The summed E-state index contributed by atoms with van der Waals surface area (Å²) in [5, 5.41) is 0. The zero-order valence-corrected chi connectivity index (χ0v) is 7.84. The average Bonchev–Trinajstić information content (AvgIpc) is 2.35. The number of benzene rings is 1. The lowest BCUT2D eigenvalue weighted by Crippen LogP contribution is -1.87. The van der Waals surface area contributed by atoms with Gasteiger partial charge in [-0.1, -0.05) is 12.1 Å². The molecule has 0 bridgehead atoms. The maximum absolute atomic E-state index is 13.0. The fraction of sp³-hybridized carbons (Fsp3) is 0.250. The van der Waals surface area contributed by atoms with Gasteiger partial charge < -0.3 is 4.74 Å². The molecule has 11 heavy (non-hydrogen) atoms. The van der Waals surface area contributed by atoms with Crippen molar-refractivity contribution in [2.45, 2.75) is 10.7 Å².